The minimum Gasteiger partial charge on any atom is -0.339 e. The lowest BCUT2D eigenvalue weighted by atomic mass is 9.86. The Kier molecular flexibility index (Phi) is 3.32. The Bertz CT molecular complexity index is 492. The van der Waals surface area contributed by atoms with Gasteiger partial charge in [0.25, 0.3) is 0 Å². The van der Waals surface area contributed by atoms with Gasteiger partial charge in [-0.3, -0.25) is 4.79 Å². The fourth-order valence-corrected chi connectivity index (χ4v) is 3.71. The molecule has 1 aliphatic carbocycles. The molecule has 19 heavy (non-hydrogen) atoms. The van der Waals surface area contributed by atoms with Gasteiger partial charge >= 0.3 is 0 Å². The van der Waals surface area contributed by atoms with Gasteiger partial charge in [0, 0.05) is 24.5 Å². The van der Waals surface area contributed by atoms with Gasteiger partial charge in [-0.15, -0.1) is 0 Å². The van der Waals surface area contributed by atoms with E-state index in [4.69, 9.17) is 4.52 Å². The van der Waals surface area contributed by atoms with Crippen molar-refractivity contribution in [3.05, 3.63) is 11.7 Å². The molecule has 1 aliphatic heterocycles. The van der Waals surface area contributed by atoms with Gasteiger partial charge in [0.15, 0.2) is 11.6 Å². The zero-order valence-electron chi connectivity index (χ0n) is 10.3. The van der Waals surface area contributed by atoms with Gasteiger partial charge in [-0.1, -0.05) is 5.16 Å². The topological polar surface area (TPSA) is 56.0 Å². The summed E-state index contributed by atoms with van der Waals surface area (Å²) in [5.41, 5.74) is 0. The highest BCUT2D eigenvalue weighted by Crippen LogP contribution is 2.41. The van der Waals surface area contributed by atoms with Crippen LogP contribution in [0, 0.1) is 0 Å². The first-order chi connectivity index (χ1) is 9.05. The summed E-state index contributed by atoms with van der Waals surface area (Å²) in [7, 11) is 0. The Morgan fingerprint density at radius 2 is 2.26 bits per heavy atom. The number of aromatic nitrogens is 2. The summed E-state index contributed by atoms with van der Waals surface area (Å²) in [6, 6.07) is 0. The maximum Gasteiger partial charge on any atom is 0.248 e. The molecule has 3 rings (SSSR count). The van der Waals surface area contributed by atoms with Crippen LogP contribution in [-0.4, -0.2) is 33.4 Å². The quantitative estimate of drug-likeness (QED) is 0.837. The molecular formula is C12H14F2N2O2S. The van der Waals surface area contributed by atoms with Crippen LogP contribution in [0.15, 0.2) is 4.52 Å². The van der Waals surface area contributed by atoms with Crippen molar-refractivity contribution >= 4 is 17.5 Å². The summed E-state index contributed by atoms with van der Waals surface area (Å²) in [6.07, 6.45) is 0.840. The van der Waals surface area contributed by atoms with Crippen LogP contribution in [0.25, 0.3) is 0 Å². The van der Waals surface area contributed by atoms with Gasteiger partial charge in [0.05, 0.1) is 5.75 Å². The van der Waals surface area contributed by atoms with Gasteiger partial charge in [-0.05, 0) is 12.8 Å². The fraction of sp³-hybridized carbons (Fsp3) is 0.750. The Hall–Kier alpha value is -0.980. The van der Waals surface area contributed by atoms with Crippen LogP contribution in [0.3, 0.4) is 0 Å². The molecule has 1 saturated carbocycles. The number of thioether (sulfide) groups is 1. The SMILES string of the molecule is O=C1CSCC1c1nc(C2CCCC(F)(F)C2)no1. The van der Waals surface area contributed by atoms with E-state index in [-0.39, 0.29) is 30.5 Å². The zero-order chi connectivity index (χ0) is 13.5. The number of carbonyl (C=O) groups excluding carboxylic acids is 1. The van der Waals surface area contributed by atoms with Crippen molar-refractivity contribution in [1.82, 2.24) is 10.1 Å². The number of carbonyl (C=O) groups is 1. The van der Waals surface area contributed by atoms with Crippen molar-refractivity contribution < 1.29 is 18.1 Å². The fourth-order valence-electron chi connectivity index (χ4n) is 2.63. The highest BCUT2D eigenvalue weighted by atomic mass is 32.2. The normalized spacial score (nSPS) is 30.7. The molecule has 4 nitrogen and oxygen atoms in total. The number of rotatable bonds is 2. The lowest BCUT2D eigenvalue weighted by Crippen LogP contribution is -2.25. The number of Topliss-reactive ketones (excluding diaryl/α,β-unsaturated/α-hetero) is 1. The van der Waals surface area contributed by atoms with E-state index in [0.717, 1.165) is 0 Å². The monoisotopic (exact) mass is 288 g/mol. The zero-order valence-corrected chi connectivity index (χ0v) is 11.1. The molecule has 1 saturated heterocycles. The number of ketones is 1. The molecule has 2 atom stereocenters. The molecule has 0 N–H and O–H groups in total. The average molecular weight is 288 g/mol. The van der Waals surface area contributed by atoms with Gasteiger partial charge in [-0.2, -0.15) is 16.7 Å². The summed E-state index contributed by atoms with van der Waals surface area (Å²) in [5, 5.41) is 3.80. The summed E-state index contributed by atoms with van der Waals surface area (Å²) < 4.78 is 31.8. The Morgan fingerprint density at radius 1 is 1.42 bits per heavy atom. The molecule has 1 aromatic heterocycles. The molecule has 2 fully saturated rings. The van der Waals surface area contributed by atoms with E-state index in [1.807, 2.05) is 0 Å². The summed E-state index contributed by atoms with van der Waals surface area (Å²) >= 11 is 1.53. The summed E-state index contributed by atoms with van der Waals surface area (Å²) in [4.78, 5) is 15.8. The molecule has 0 radical (unpaired) electrons. The molecule has 2 heterocycles. The third-order valence-corrected chi connectivity index (χ3v) is 4.74. The molecular weight excluding hydrogens is 274 g/mol. The second-order valence-electron chi connectivity index (χ2n) is 5.17. The number of nitrogens with zero attached hydrogens (tertiary/aromatic N) is 2. The molecule has 2 unspecified atom stereocenters. The van der Waals surface area contributed by atoms with Gasteiger partial charge in [-0.25, -0.2) is 8.78 Å². The first-order valence-electron chi connectivity index (χ1n) is 6.37. The van der Waals surface area contributed by atoms with Crippen molar-refractivity contribution in [3.8, 4) is 0 Å². The molecule has 1 aromatic rings. The molecule has 104 valence electrons. The third-order valence-electron chi connectivity index (χ3n) is 3.68. The Labute approximate surface area is 113 Å². The van der Waals surface area contributed by atoms with Crippen LogP contribution >= 0.6 is 11.8 Å². The predicted molar refractivity (Wildman–Crippen MR) is 65.5 cm³/mol. The van der Waals surface area contributed by atoms with E-state index >= 15 is 0 Å². The minimum atomic E-state index is -2.64. The molecule has 2 aliphatic rings. The largest absolute Gasteiger partial charge is 0.339 e. The van der Waals surface area contributed by atoms with Crippen LogP contribution in [-0.2, 0) is 4.79 Å². The highest BCUT2D eigenvalue weighted by Gasteiger charge is 2.39. The van der Waals surface area contributed by atoms with Crippen LogP contribution in [0.4, 0.5) is 8.78 Å². The van der Waals surface area contributed by atoms with E-state index in [0.29, 0.717) is 36.1 Å². The first-order valence-corrected chi connectivity index (χ1v) is 7.52. The van der Waals surface area contributed by atoms with E-state index in [2.05, 4.69) is 10.1 Å². The van der Waals surface area contributed by atoms with Crippen molar-refractivity contribution in [2.45, 2.75) is 43.4 Å². The van der Waals surface area contributed by atoms with Crippen molar-refractivity contribution in [3.63, 3.8) is 0 Å². The predicted octanol–water partition coefficient (Wildman–Crippen LogP) is 2.76. The Morgan fingerprint density at radius 3 is 2.95 bits per heavy atom. The summed E-state index contributed by atoms with van der Waals surface area (Å²) in [5.74, 6) is -1.54. The second kappa shape index (κ2) is 4.85. The number of hydrogen-bond acceptors (Lipinski definition) is 5. The van der Waals surface area contributed by atoms with Crippen LogP contribution in [0.2, 0.25) is 0 Å². The van der Waals surface area contributed by atoms with E-state index in [9.17, 15) is 13.6 Å². The van der Waals surface area contributed by atoms with Crippen LogP contribution in [0.1, 0.15) is 49.2 Å². The maximum atomic E-state index is 13.4. The van der Waals surface area contributed by atoms with Crippen LogP contribution in [0.5, 0.6) is 0 Å². The van der Waals surface area contributed by atoms with E-state index in [1.54, 1.807) is 0 Å². The second-order valence-corrected chi connectivity index (χ2v) is 6.20. The lowest BCUT2D eigenvalue weighted by molar-refractivity contribution is -0.117. The lowest BCUT2D eigenvalue weighted by Gasteiger charge is -2.26. The van der Waals surface area contributed by atoms with Crippen molar-refractivity contribution in [2.75, 3.05) is 11.5 Å². The van der Waals surface area contributed by atoms with E-state index < -0.39 is 5.92 Å². The smallest absolute Gasteiger partial charge is 0.248 e. The molecule has 7 heteroatoms. The van der Waals surface area contributed by atoms with E-state index in [1.165, 1.54) is 11.8 Å². The number of alkyl halides is 2. The van der Waals surface area contributed by atoms with Crippen molar-refractivity contribution in [1.29, 1.82) is 0 Å². The minimum absolute atomic E-state index is 0.0635. The first kappa shape index (κ1) is 13.0. The summed E-state index contributed by atoms with van der Waals surface area (Å²) in [6.45, 7) is 0. The molecule has 0 aromatic carbocycles. The maximum absolute atomic E-state index is 13.4. The standard InChI is InChI=1S/C12H14F2N2O2S/c13-12(14)3-1-2-7(4-12)10-15-11(18-16-10)8-5-19-6-9(8)17/h7-8H,1-6H2. The van der Waals surface area contributed by atoms with Gasteiger partial charge in [0.1, 0.15) is 5.92 Å². The highest BCUT2D eigenvalue weighted by molar-refractivity contribution is 8.00. The number of halogens is 2. The van der Waals surface area contributed by atoms with Gasteiger partial charge < -0.3 is 4.52 Å². The molecule has 0 bridgehead atoms. The Balaban J connectivity index is 1.76. The average Bonchev–Trinajstić information content (AvgIpc) is 2.95. The number of hydrogen-bond donors (Lipinski definition) is 0. The molecule has 0 spiro atoms. The third kappa shape index (κ3) is 2.66. The van der Waals surface area contributed by atoms with Crippen molar-refractivity contribution in [2.24, 2.45) is 0 Å². The van der Waals surface area contributed by atoms with Crippen LogP contribution < -0.4 is 0 Å². The van der Waals surface area contributed by atoms with Gasteiger partial charge in [0.2, 0.25) is 11.8 Å². The molecule has 0 amide bonds.